The standard InChI is InChI=1S/C19H28N2O3/c1-13-5-7-14(8-6-13)11-21-12-15(9-17(21)23)18(24)20-10-16(22)19(2,3)4/h5-8,15-16,22H,9-12H2,1-4H3,(H,20,24). The van der Waals surface area contributed by atoms with Gasteiger partial charge in [0.25, 0.3) is 0 Å². The predicted molar refractivity (Wildman–Crippen MR) is 93.2 cm³/mol. The fourth-order valence-electron chi connectivity index (χ4n) is 2.66. The van der Waals surface area contributed by atoms with Crippen LogP contribution in [0.2, 0.25) is 0 Å². The number of aliphatic hydroxyl groups is 1. The number of carbonyl (C=O) groups excluding carboxylic acids is 2. The first-order chi connectivity index (χ1) is 11.2. The molecule has 1 fully saturated rings. The van der Waals surface area contributed by atoms with E-state index in [0.717, 1.165) is 5.56 Å². The topological polar surface area (TPSA) is 69.6 Å². The predicted octanol–water partition coefficient (Wildman–Crippen LogP) is 1.87. The Kier molecular flexibility index (Phi) is 5.65. The molecule has 1 saturated heterocycles. The molecule has 0 aromatic heterocycles. The van der Waals surface area contributed by atoms with Crippen molar-refractivity contribution in [3.63, 3.8) is 0 Å². The average Bonchev–Trinajstić information content (AvgIpc) is 2.87. The first-order valence-electron chi connectivity index (χ1n) is 8.46. The van der Waals surface area contributed by atoms with Crippen molar-refractivity contribution in [1.29, 1.82) is 0 Å². The summed E-state index contributed by atoms with van der Waals surface area (Å²) in [7, 11) is 0. The minimum Gasteiger partial charge on any atom is -0.391 e. The molecule has 2 unspecified atom stereocenters. The zero-order chi connectivity index (χ0) is 17.9. The second-order valence-electron chi connectivity index (χ2n) is 7.79. The number of nitrogens with zero attached hydrogens (tertiary/aromatic N) is 1. The maximum atomic E-state index is 12.3. The number of nitrogens with one attached hydrogen (secondary N) is 1. The Morgan fingerprint density at radius 2 is 1.96 bits per heavy atom. The van der Waals surface area contributed by atoms with Crippen LogP contribution < -0.4 is 5.32 Å². The van der Waals surface area contributed by atoms with Gasteiger partial charge in [0.05, 0.1) is 12.0 Å². The molecule has 132 valence electrons. The Hall–Kier alpha value is -1.88. The molecule has 0 saturated carbocycles. The largest absolute Gasteiger partial charge is 0.391 e. The normalized spacial score (nSPS) is 19.5. The molecule has 2 N–H and O–H groups in total. The van der Waals surface area contributed by atoms with E-state index in [9.17, 15) is 14.7 Å². The number of hydrogen-bond acceptors (Lipinski definition) is 3. The van der Waals surface area contributed by atoms with Crippen molar-refractivity contribution in [2.24, 2.45) is 11.3 Å². The molecule has 2 atom stereocenters. The van der Waals surface area contributed by atoms with Gasteiger partial charge in [-0.2, -0.15) is 0 Å². The Morgan fingerprint density at radius 1 is 1.33 bits per heavy atom. The SMILES string of the molecule is Cc1ccc(CN2CC(C(=O)NCC(O)C(C)(C)C)CC2=O)cc1. The first-order valence-corrected chi connectivity index (χ1v) is 8.46. The molecule has 2 rings (SSSR count). The maximum Gasteiger partial charge on any atom is 0.225 e. The number of benzene rings is 1. The summed E-state index contributed by atoms with van der Waals surface area (Å²) in [6, 6.07) is 8.06. The monoisotopic (exact) mass is 332 g/mol. The molecular weight excluding hydrogens is 304 g/mol. The summed E-state index contributed by atoms with van der Waals surface area (Å²) in [6.07, 6.45) is -0.370. The molecule has 5 nitrogen and oxygen atoms in total. The fourth-order valence-corrected chi connectivity index (χ4v) is 2.66. The molecule has 5 heteroatoms. The van der Waals surface area contributed by atoms with Crippen LogP contribution in [-0.2, 0) is 16.1 Å². The lowest BCUT2D eigenvalue weighted by molar-refractivity contribution is -0.129. The van der Waals surface area contributed by atoms with Gasteiger partial charge in [-0.3, -0.25) is 9.59 Å². The van der Waals surface area contributed by atoms with Crippen molar-refractivity contribution in [2.75, 3.05) is 13.1 Å². The van der Waals surface area contributed by atoms with Crippen molar-refractivity contribution in [3.05, 3.63) is 35.4 Å². The van der Waals surface area contributed by atoms with E-state index in [4.69, 9.17) is 0 Å². The summed E-state index contributed by atoms with van der Waals surface area (Å²) in [5.74, 6) is -0.486. The quantitative estimate of drug-likeness (QED) is 0.865. The third-order valence-corrected chi connectivity index (χ3v) is 4.55. The lowest BCUT2D eigenvalue weighted by Crippen LogP contribution is -2.42. The Morgan fingerprint density at radius 3 is 2.54 bits per heavy atom. The third kappa shape index (κ3) is 4.81. The highest BCUT2D eigenvalue weighted by molar-refractivity contribution is 5.89. The van der Waals surface area contributed by atoms with Crippen LogP contribution in [0, 0.1) is 18.3 Å². The zero-order valence-corrected chi connectivity index (χ0v) is 15.0. The highest BCUT2D eigenvalue weighted by Gasteiger charge is 2.34. The van der Waals surface area contributed by atoms with E-state index in [-0.39, 0.29) is 36.1 Å². The average molecular weight is 332 g/mol. The van der Waals surface area contributed by atoms with Crippen molar-refractivity contribution < 1.29 is 14.7 Å². The molecule has 1 heterocycles. The molecule has 1 aliphatic heterocycles. The van der Waals surface area contributed by atoms with Crippen LogP contribution in [0.3, 0.4) is 0 Å². The Labute approximate surface area is 144 Å². The summed E-state index contributed by atoms with van der Waals surface area (Å²) in [4.78, 5) is 26.1. The summed E-state index contributed by atoms with van der Waals surface area (Å²) < 4.78 is 0. The highest BCUT2D eigenvalue weighted by atomic mass is 16.3. The minimum absolute atomic E-state index is 0.00657. The van der Waals surface area contributed by atoms with Gasteiger partial charge in [0, 0.05) is 26.1 Å². The smallest absolute Gasteiger partial charge is 0.225 e. The molecular formula is C19H28N2O3. The molecule has 2 amide bonds. The molecule has 1 aromatic carbocycles. The second kappa shape index (κ2) is 7.34. The van der Waals surface area contributed by atoms with Crippen LogP contribution in [0.25, 0.3) is 0 Å². The number of amides is 2. The van der Waals surface area contributed by atoms with Gasteiger partial charge in [-0.15, -0.1) is 0 Å². The molecule has 0 bridgehead atoms. The zero-order valence-electron chi connectivity index (χ0n) is 15.0. The van der Waals surface area contributed by atoms with Gasteiger partial charge in [-0.1, -0.05) is 50.6 Å². The van der Waals surface area contributed by atoms with E-state index in [1.54, 1.807) is 4.90 Å². The molecule has 0 spiro atoms. The number of aryl methyl sites for hydroxylation is 1. The van der Waals surface area contributed by atoms with Gasteiger partial charge in [0.15, 0.2) is 0 Å². The maximum absolute atomic E-state index is 12.3. The van der Waals surface area contributed by atoms with Crippen LogP contribution in [0.15, 0.2) is 24.3 Å². The van der Waals surface area contributed by atoms with Crippen LogP contribution in [0.1, 0.15) is 38.3 Å². The molecule has 24 heavy (non-hydrogen) atoms. The van der Waals surface area contributed by atoms with Gasteiger partial charge in [-0.25, -0.2) is 0 Å². The first kappa shape index (κ1) is 18.5. The van der Waals surface area contributed by atoms with Gasteiger partial charge in [-0.05, 0) is 17.9 Å². The number of carbonyl (C=O) groups is 2. The van der Waals surface area contributed by atoms with E-state index < -0.39 is 6.10 Å². The Balaban J connectivity index is 1.87. The van der Waals surface area contributed by atoms with Crippen LogP contribution >= 0.6 is 0 Å². The second-order valence-corrected chi connectivity index (χ2v) is 7.79. The summed E-state index contributed by atoms with van der Waals surface area (Å²) in [6.45, 7) is 8.98. The fraction of sp³-hybridized carbons (Fsp3) is 0.579. The van der Waals surface area contributed by atoms with E-state index in [1.807, 2.05) is 52.0 Å². The van der Waals surface area contributed by atoms with Gasteiger partial charge in [0.2, 0.25) is 11.8 Å². The van der Waals surface area contributed by atoms with E-state index in [2.05, 4.69) is 5.32 Å². The van der Waals surface area contributed by atoms with E-state index in [0.29, 0.717) is 13.1 Å². The van der Waals surface area contributed by atoms with Crippen molar-refractivity contribution in [2.45, 2.75) is 46.8 Å². The number of hydrogen-bond donors (Lipinski definition) is 2. The molecule has 1 aliphatic rings. The van der Waals surface area contributed by atoms with Crippen molar-refractivity contribution in [3.8, 4) is 0 Å². The third-order valence-electron chi connectivity index (χ3n) is 4.55. The molecule has 0 radical (unpaired) electrons. The van der Waals surface area contributed by atoms with Crippen LogP contribution in [-0.4, -0.2) is 41.0 Å². The van der Waals surface area contributed by atoms with Crippen molar-refractivity contribution in [1.82, 2.24) is 10.2 Å². The van der Waals surface area contributed by atoms with Gasteiger partial charge < -0.3 is 15.3 Å². The van der Waals surface area contributed by atoms with Gasteiger partial charge in [0.1, 0.15) is 0 Å². The van der Waals surface area contributed by atoms with Crippen LogP contribution in [0.4, 0.5) is 0 Å². The van der Waals surface area contributed by atoms with E-state index in [1.165, 1.54) is 5.56 Å². The number of likely N-dealkylation sites (tertiary alicyclic amines) is 1. The number of aliphatic hydroxyl groups excluding tert-OH is 1. The highest BCUT2D eigenvalue weighted by Crippen LogP contribution is 2.22. The summed E-state index contributed by atoms with van der Waals surface area (Å²) in [5, 5.41) is 12.8. The summed E-state index contributed by atoms with van der Waals surface area (Å²) >= 11 is 0. The van der Waals surface area contributed by atoms with Crippen molar-refractivity contribution >= 4 is 11.8 Å². The minimum atomic E-state index is -0.609. The summed E-state index contributed by atoms with van der Waals surface area (Å²) in [5.41, 5.74) is 1.97. The lowest BCUT2D eigenvalue weighted by atomic mass is 9.89. The molecule has 0 aliphatic carbocycles. The Bertz CT molecular complexity index is 590. The van der Waals surface area contributed by atoms with Crippen LogP contribution in [0.5, 0.6) is 0 Å². The van der Waals surface area contributed by atoms with E-state index >= 15 is 0 Å². The lowest BCUT2D eigenvalue weighted by Gasteiger charge is -2.26. The number of rotatable bonds is 5. The van der Waals surface area contributed by atoms with Gasteiger partial charge >= 0.3 is 0 Å². The molecule has 1 aromatic rings.